The van der Waals surface area contributed by atoms with Crippen molar-refractivity contribution in [2.24, 2.45) is 0 Å². The Balaban J connectivity index is 0.00000126. The SMILES string of the molecule is CC.CCCc1ccccc1Sc1ccc(SN2CCc3cc(Cl)ccc3C2)c2nonc12. The van der Waals surface area contributed by atoms with Crippen LogP contribution in [0.1, 0.15) is 43.9 Å². The van der Waals surface area contributed by atoms with Crippen molar-refractivity contribution in [2.75, 3.05) is 6.54 Å². The zero-order chi connectivity index (χ0) is 23.2. The van der Waals surface area contributed by atoms with Gasteiger partial charge in [-0.1, -0.05) is 74.8 Å². The topological polar surface area (TPSA) is 42.2 Å². The number of aromatic nitrogens is 2. The Morgan fingerprint density at radius 2 is 1.70 bits per heavy atom. The van der Waals surface area contributed by atoms with Gasteiger partial charge in [0.05, 0.1) is 4.90 Å². The summed E-state index contributed by atoms with van der Waals surface area (Å²) in [6, 6.07) is 19.0. The van der Waals surface area contributed by atoms with Crippen molar-refractivity contribution in [3.05, 3.63) is 76.3 Å². The minimum absolute atomic E-state index is 0.809. The number of nitrogens with zero attached hydrogens (tertiary/aromatic N) is 3. The number of benzene rings is 3. The molecule has 0 amide bonds. The third kappa shape index (κ3) is 5.57. The van der Waals surface area contributed by atoms with Crippen LogP contribution >= 0.6 is 35.3 Å². The van der Waals surface area contributed by atoms with Gasteiger partial charge in [0.25, 0.3) is 0 Å². The third-order valence-electron chi connectivity index (χ3n) is 5.43. The molecule has 172 valence electrons. The first kappa shape index (κ1) is 24.1. The smallest absolute Gasteiger partial charge is 0.151 e. The van der Waals surface area contributed by atoms with Crippen LogP contribution in [0.5, 0.6) is 0 Å². The van der Waals surface area contributed by atoms with Crippen LogP contribution in [0.15, 0.2) is 73.9 Å². The van der Waals surface area contributed by atoms with E-state index >= 15 is 0 Å². The second-order valence-corrected chi connectivity index (χ2v) is 10.3. The summed E-state index contributed by atoms with van der Waals surface area (Å²) in [5.41, 5.74) is 5.69. The van der Waals surface area contributed by atoms with Crippen LogP contribution in [0, 0.1) is 0 Å². The molecule has 0 fully saturated rings. The van der Waals surface area contributed by atoms with Gasteiger partial charge in [-0.25, -0.2) is 8.93 Å². The predicted octanol–water partition coefficient (Wildman–Crippen LogP) is 8.07. The van der Waals surface area contributed by atoms with E-state index in [1.54, 1.807) is 23.7 Å². The molecule has 4 nitrogen and oxygen atoms in total. The second-order valence-electron chi connectivity index (χ2n) is 7.60. The number of fused-ring (bicyclic) bond motifs is 2. The molecular weight excluding hydrogens is 470 g/mol. The Bertz CT molecular complexity index is 1230. The molecule has 5 rings (SSSR count). The van der Waals surface area contributed by atoms with Crippen molar-refractivity contribution in [2.45, 2.75) is 61.3 Å². The lowest BCUT2D eigenvalue weighted by Crippen LogP contribution is -2.24. The van der Waals surface area contributed by atoms with Gasteiger partial charge in [-0.3, -0.25) is 0 Å². The minimum Gasteiger partial charge on any atom is -0.243 e. The van der Waals surface area contributed by atoms with Crippen molar-refractivity contribution >= 4 is 46.3 Å². The quantitative estimate of drug-likeness (QED) is 0.251. The van der Waals surface area contributed by atoms with Gasteiger partial charge in [-0.05, 0) is 82.1 Å². The molecule has 1 aliphatic rings. The summed E-state index contributed by atoms with van der Waals surface area (Å²) in [6.07, 6.45) is 3.18. The Labute approximate surface area is 209 Å². The molecule has 7 heteroatoms. The Hall–Kier alpha value is -1.99. The molecule has 0 atom stereocenters. The van der Waals surface area contributed by atoms with Gasteiger partial charge < -0.3 is 0 Å². The molecule has 0 bridgehead atoms. The molecule has 0 saturated carbocycles. The molecule has 0 N–H and O–H groups in total. The molecule has 33 heavy (non-hydrogen) atoms. The summed E-state index contributed by atoms with van der Waals surface area (Å²) in [5.74, 6) is 0. The molecule has 3 aromatic carbocycles. The van der Waals surface area contributed by atoms with Crippen LogP contribution < -0.4 is 0 Å². The van der Waals surface area contributed by atoms with E-state index in [2.05, 4.69) is 70.1 Å². The first-order valence-electron chi connectivity index (χ1n) is 11.4. The van der Waals surface area contributed by atoms with Crippen LogP contribution in [0.25, 0.3) is 11.0 Å². The molecule has 0 unspecified atom stereocenters. The molecule has 2 heterocycles. The molecule has 4 aromatic rings. The number of hydrogen-bond donors (Lipinski definition) is 0. The van der Waals surface area contributed by atoms with E-state index in [0.29, 0.717) is 0 Å². The highest BCUT2D eigenvalue weighted by Crippen LogP contribution is 2.39. The lowest BCUT2D eigenvalue weighted by Gasteiger charge is -2.27. The largest absolute Gasteiger partial charge is 0.243 e. The molecule has 0 saturated heterocycles. The van der Waals surface area contributed by atoms with E-state index < -0.39 is 0 Å². The fourth-order valence-corrected chi connectivity index (χ4v) is 6.15. The predicted molar refractivity (Wildman–Crippen MR) is 139 cm³/mol. The van der Waals surface area contributed by atoms with Crippen molar-refractivity contribution in [1.29, 1.82) is 0 Å². The third-order valence-corrected chi connectivity index (χ3v) is 7.92. The zero-order valence-corrected chi connectivity index (χ0v) is 21.6. The first-order chi connectivity index (χ1) is 16.2. The van der Waals surface area contributed by atoms with Gasteiger partial charge in [0, 0.05) is 27.9 Å². The summed E-state index contributed by atoms with van der Waals surface area (Å²) >= 11 is 9.61. The van der Waals surface area contributed by atoms with E-state index in [9.17, 15) is 0 Å². The molecule has 0 spiro atoms. The Kier molecular flexibility index (Phi) is 8.36. The maximum atomic E-state index is 6.15. The van der Waals surface area contributed by atoms with Gasteiger partial charge >= 0.3 is 0 Å². The number of rotatable bonds is 6. The maximum absolute atomic E-state index is 6.15. The summed E-state index contributed by atoms with van der Waals surface area (Å²) in [4.78, 5) is 3.41. The molecule has 1 aromatic heterocycles. The Morgan fingerprint density at radius 1 is 0.939 bits per heavy atom. The van der Waals surface area contributed by atoms with Crippen molar-refractivity contribution < 1.29 is 4.63 Å². The lowest BCUT2D eigenvalue weighted by molar-refractivity contribution is 0.314. The zero-order valence-electron chi connectivity index (χ0n) is 19.2. The summed E-state index contributed by atoms with van der Waals surface area (Å²) in [5, 5.41) is 9.28. The highest BCUT2D eigenvalue weighted by molar-refractivity contribution is 7.99. The summed E-state index contributed by atoms with van der Waals surface area (Å²) < 4.78 is 7.52. The van der Waals surface area contributed by atoms with E-state index in [0.717, 1.165) is 58.2 Å². The second kappa shape index (κ2) is 11.4. The highest BCUT2D eigenvalue weighted by atomic mass is 35.5. The van der Waals surface area contributed by atoms with Gasteiger partial charge in [-0.15, -0.1) is 0 Å². The average molecular weight is 498 g/mol. The van der Waals surface area contributed by atoms with Crippen molar-refractivity contribution in [3.63, 3.8) is 0 Å². The fraction of sp³-hybridized carbons (Fsp3) is 0.308. The van der Waals surface area contributed by atoms with Gasteiger partial charge in [0.15, 0.2) is 5.52 Å². The van der Waals surface area contributed by atoms with Gasteiger partial charge in [0.1, 0.15) is 5.52 Å². The monoisotopic (exact) mass is 497 g/mol. The van der Waals surface area contributed by atoms with Crippen LogP contribution in [0.4, 0.5) is 0 Å². The highest BCUT2D eigenvalue weighted by Gasteiger charge is 2.21. The standard InChI is InChI=1S/C24H22ClN3OS2.C2H6/c1-2-5-16-6-3-4-7-20(16)30-21-10-11-22(24-23(21)26-29-27-24)31-28-13-12-17-14-19(25)9-8-18(17)15-28;1-2/h3-4,6-11,14H,2,5,12-13,15H2,1H3;1-2H3. The summed E-state index contributed by atoms with van der Waals surface area (Å²) in [7, 11) is 0. The normalized spacial score (nSPS) is 13.5. The van der Waals surface area contributed by atoms with E-state index in [4.69, 9.17) is 16.2 Å². The Morgan fingerprint density at radius 3 is 2.52 bits per heavy atom. The van der Waals surface area contributed by atoms with E-state index in [-0.39, 0.29) is 0 Å². The van der Waals surface area contributed by atoms with Gasteiger partial charge in [0.2, 0.25) is 0 Å². The van der Waals surface area contributed by atoms with Crippen LogP contribution in [0.3, 0.4) is 0 Å². The molecule has 0 radical (unpaired) electrons. The fourth-order valence-electron chi connectivity index (χ4n) is 3.89. The van der Waals surface area contributed by atoms with E-state index in [1.165, 1.54) is 21.6 Å². The number of aryl methyl sites for hydroxylation is 1. The minimum atomic E-state index is 0.809. The molecule has 1 aliphatic heterocycles. The van der Waals surface area contributed by atoms with Crippen molar-refractivity contribution in [3.8, 4) is 0 Å². The number of halogens is 1. The van der Waals surface area contributed by atoms with E-state index in [1.807, 2.05) is 19.9 Å². The van der Waals surface area contributed by atoms with Crippen LogP contribution in [-0.2, 0) is 19.4 Å². The van der Waals surface area contributed by atoms with Crippen LogP contribution in [0.2, 0.25) is 5.02 Å². The summed E-state index contributed by atoms with van der Waals surface area (Å²) in [6.45, 7) is 8.05. The van der Waals surface area contributed by atoms with Crippen molar-refractivity contribution in [1.82, 2.24) is 14.6 Å². The number of hydrogen-bond acceptors (Lipinski definition) is 6. The van der Waals surface area contributed by atoms with Gasteiger partial charge in [-0.2, -0.15) is 0 Å². The lowest BCUT2D eigenvalue weighted by atomic mass is 10.0. The molecule has 0 aliphatic carbocycles. The maximum Gasteiger partial charge on any atom is 0.151 e. The average Bonchev–Trinajstić information content (AvgIpc) is 3.34. The first-order valence-corrected chi connectivity index (χ1v) is 13.4. The van der Waals surface area contributed by atoms with Crippen LogP contribution in [-0.4, -0.2) is 21.2 Å². The molecular formula is C26H28ClN3OS2.